The van der Waals surface area contributed by atoms with Crippen molar-refractivity contribution in [2.45, 2.75) is 18.2 Å². The zero-order valence-corrected chi connectivity index (χ0v) is 22.5. The minimum absolute atomic E-state index is 0.0164. The zero-order valence-electron chi connectivity index (χ0n) is 21.0. The van der Waals surface area contributed by atoms with Crippen LogP contribution in [0, 0.1) is 5.82 Å². The van der Waals surface area contributed by atoms with Gasteiger partial charge in [-0.15, -0.1) is 0 Å². The van der Waals surface area contributed by atoms with Gasteiger partial charge in [0, 0.05) is 37.9 Å². The predicted molar refractivity (Wildman–Crippen MR) is 145 cm³/mol. The number of nitrogens with zero attached hydrogens (tertiary/aromatic N) is 4. The highest BCUT2D eigenvalue weighted by Crippen LogP contribution is 2.34. The molecule has 37 heavy (non-hydrogen) atoms. The largest absolute Gasteiger partial charge is 0.494 e. The predicted octanol–water partition coefficient (Wildman–Crippen LogP) is 4.70. The van der Waals surface area contributed by atoms with Gasteiger partial charge < -0.3 is 25.2 Å². The topological polar surface area (TPSA) is 99.7 Å². The van der Waals surface area contributed by atoms with Crippen LogP contribution in [0.3, 0.4) is 0 Å². The first-order valence-corrected chi connectivity index (χ1v) is 13.9. The van der Waals surface area contributed by atoms with E-state index in [4.69, 9.17) is 16.3 Å². The number of methoxy groups -OCH3 is 1. The van der Waals surface area contributed by atoms with E-state index in [0.29, 0.717) is 17.8 Å². The molecule has 12 heteroatoms. The lowest BCUT2D eigenvalue weighted by molar-refractivity contribution is 0.313. The van der Waals surface area contributed by atoms with Crippen molar-refractivity contribution < 1.29 is 17.5 Å². The highest BCUT2D eigenvalue weighted by atomic mass is 35.5. The lowest BCUT2D eigenvalue weighted by Crippen LogP contribution is -2.44. The Labute approximate surface area is 221 Å². The summed E-state index contributed by atoms with van der Waals surface area (Å²) < 4.78 is 45.2. The molecule has 0 saturated carbocycles. The summed E-state index contributed by atoms with van der Waals surface area (Å²) in [4.78, 5) is 13.2. The fourth-order valence-electron chi connectivity index (χ4n) is 4.04. The van der Waals surface area contributed by atoms with Gasteiger partial charge in [-0.2, -0.15) is 4.98 Å². The number of aromatic nitrogens is 2. The summed E-state index contributed by atoms with van der Waals surface area (Å²) >= 11 is 6.37. The molecule has 3 aromatic rings. The number of benzene rings is 2. The third-order valence-corrected chi connectivity index (χ3v) is 8.28. The van der Waals surface area contributed by atoms with Crippen LogP contribution in [0.1, 0.15) is 13.3 Å². The van der Waals surface area contributed by atoms with Gasteiger partial charge in [-0.25, -0.2) is 17.8 Å². The van der Waals surface area contributed by atoms with Crippen LogP contribution in [-0.4, -0.2) is 69.4 Å². The molecule has 1 aliphatic heterocycles. The quantitative estimate of drug-likeness (QED) is 0.394. The fourth-order valence-corrected chi connectivity index (χ4v) is 5.69. The van der Waals surface area contributed by atoms with Crippen molar-refractivity contribution in [2.24, 2.45) is 0 Å². The molecule has 1 aromatic heterocycles. The molecule has 9 nitrogen and oxygen atoms in total. The zero-order chi connectivity index (χ0) is 26.6. The van der Waals surface area contributed by atoms with Crippen LogP contribution < -0.4 is 20.3 Å². The average Bonchev–Trinajstić information content (AvgIpc) is 2.87. The number of rotatable bonds is 9. The van der Waals surface area contributed by atoms with E-state index in [-0.39, 0.29) is 33.2 Å². The molecule has 0 atom stereocenters. The Kier molecular flexibility index (Phi) is 8.35. The second kappa shape index (κ2) is 11.5. The lowest BCUT2D eigenvalue weighted by Gasteiger charge is -2.34. The second-order valence-electron chi connectivity index (χ2n) is 8.77. The number of likely N-dealkylation sites (N-methyl/N-ethyl adjacent to an activating group) is 1. The maximum Gasteiger partial charge on any atom is 0.229 e. The van der Waals surface area contributed by atoms with E-state index in [1.807, 2.05) is 13.0 Å². The fraction of sp³-hybridized carbons (Fsp3) is 0.360. The normalized spacial score (nSPS) is 14.5. The summed E-state index contributed by atoms with van der Waals surface area (Å²) in [6, 6.07) is 9.39. The van der Waals surface area contributed by atoms with Crippen LogP contribution >= 0.6 is 11.6 Å². The van der Waals surface area contributed by atoms with E-state index >= 15 is 0 Å². The molecule has 2 N–H and O–H groups in total. The second-order valence-corrected chi connectivity index (χ2v) is 11.3. The molecule has 2 heterocycles. The number of piperazine rings is 1. The maximum atomic E-state index is 13.6. The first kappa shape index (κ1) is 26.9. The van der Waals surface area contributed by atoms with E-state index in [2.05, 4.69) is 37.4 Å². The molecule has 0 bridgehead atoms. The van der Waals surface area contributed by atoms with Gasteiger partial charge in [0.05, 0.1) is 35.3 Å². The Morgan fingerprint density at radius 3 is 2.51 bits per heavy atom. The summed E-state index contributed by atoms with van der Waals surface area (Å²) in [7, 11) is -0.0694. The Morgan fingerprint density at radius 2 is 1.81 bits per heavy atom. The Balaban J connectivity index is 1.66. The Morgan fingerprint density at radius 1 is 1.08 bits per heavy atom. The molecule has 0 radical (unpaired) electrons. The van der Waals surface area contributed by atoms with Crippen LogP contribution in [0.2, 0.25) is 5.02 Å². The maximum absolute atomic E-state index is 13.6. The van der Waals surface area contributed by atoms with Crippen LogP contribution in [0.4, 0.5) is 33.2 Å². The highest BCUT2D eigenvalue weighted by Gasteiger charge is 2.23. The molecule has 1 aliphatic rings. The van der Waals surface area contributed by atoms with E-state index in [9.17, 15) is 12.8 Å². The molecule has 0 aliphatic carbocycles. The number of hydrogen-bond donors (Lipinski definition) is 2. The van der Waals surface area contributed by atoms with Gasteiger partial charge >= 0.3 is 0 Å². The van der Waals surface area contributed by atoms with Crippen molar-refractivity contribution in [2.75, 3.05) is 61.6 Å². The van der Waals surface area contributed by atoms with Gasteiger partial charge in [-0.05, 0) is 43.8 Å². The summed E-state index contributed by atoms with van der Waals surface area (Å²) in [6.07, 6.45) is 1.89. The minimum Gasteiger partial charge on any atom is -0.494 e. The van der Waals surface area contributed by atoms with Crippen LogP contribution in [0.5, 0.6) is 5.75 Å². The molecule has 0 spiro atoms. The molecule has 198 valence electrons. The van der Waals surface area contributed by atoms with Gasteiger partial charge in [0.1, 0.15) is 16.6 Å². The van der Waals surface area contributed by atoms with Crippen molar-refractivity contribution in [1.82, 2.24) is 14.9 Å². The molecular formula is C25H30ClFN6O3S. The Hall–Kier alpha value is -3.15. The van der Waals surface area contributed by atoms with Crippen molar-refractivity contribution in [1.29, 1.82) is 0 Å². The molecule has 0 unspecified atom stereocenters. The summed E-state index contributed by atoms with van der Waals surface area (Å²) in [5, 5.41) is 6.28. The van der Waals surface area contributed by atoms with Crippen molar-refractivity contribution in [3.63, 3.8) is 0 Å². The highest BCUT2D eigenvalue weighted by molar-refractivity contribution is 7.91. The standard InChI is InChI=1S/C25H30ClFN6O3S/c1-4-13-37(34,35)23-15-18(33-11-9-32(2)10-12-33)6-8-21(23)29-24-19(26)16-28-25(31-24)30-20-7-5-17(27)14-22(20)36-3/h5-8,14-16H,4,9-13H2,1-3H3,(H2,28,29,30,31). The van der Waals surface area contributed by atoms with Gasteiger partial charge in [-0.3, -0.25) is 0 Å². The molecular weight excluding hydrogens is 519 g/mol. The first-order chi connectivity index (χ1) is 17.7. The smallest absolute Gasteiger partial charge is 0.229 e. The molecule has 1 saturated heterocycles. The van der Waals surface area contributed by atoms with Crippen LogP contribution in [0.15, 0.2) is 47.5 Å². The number of nitrogens with one attached hydrogen (secondary N) is 2. The van der Waals surface area contributed by atoms with Crippen molar-refractivity contribution >= 4 is 50.3 Å². The average molecular weight is 549 g/mol. The summed E-state index contributed by atoms with van der Waals surface area (Å²) in [5.74, 6) is 0.246. The van der Waals surface area contributed by atoms with Crippen LogP contribution in [-0.2, 0) is 9.84 Å². The van der Waals surface area contributed by atoms with E-state index in [1.165, 1.54) is 31.5 Å². The SMILES string of the molecule is CCCS(=O)(=O)c1cc(N2CCN(C)CC2)ccc1Nc1nc(Nc2ccc(F)cc2OC)ncc1Cl. The Bertz CT molecular complexity index is 1370. The number of halogens is 2. The summed E-state index contributed by atoms with van der Waals surface area (Å²) in [5.41, 5.74) is 1.69. The van der Waals surface area contributed by atoms with Crippen molar-refractivity contribution in [3.05, 3.63) is 53.4 Å². The summed E-state index contributed by atoms with van der Waals surface area (Å²) in [6.45, 7) is 5.27. The third-order valence-electron chi connectivity index (χ3n) is 6.05. The number of ether oxygens (including phenoxy) is 1. The van der Waals surface area contributed by atoms with Gasteiger partial charge in [0.15, 0.2) is 15.7 Å². The minimum atomic E-state index is -3.57. The van der Waals surface area contributed by atoms with Gasteiger partial charge in [-0.1, -0.05) is 18.5 Å². The number of sulfone groups is 1. The number of anilines is 5. The number of hydrogen-bond acceptors (Lipinski definition) is 9. The van der Waals surface area contributed by atoms with Gasteiger partial charge in [0.2, 0.25) is 5.95 Å². The van der Waals surface area contributed by atoms with Crippen molar-refractivity contribution in [3.8, 4) is 5.75 Å². The van der Waals surface area contributed by atoms with E-state index in [0.717, 1.165) is 31.9 Å². The van der Waals surface area contributed by atoms with E-state index < -0.39 is 15.7 Å². The van der Waals surface area contributed by atoms with Crippen LogP contribution in [0.25, 0.3) is 0 Å². The monoisotopic (exact) mass is 548 g/mol. The molecule has 2 aromatic carbocycles. The molecule has 4 rings (SSSR count). The van der Waals surface area contributed by atoms with E-state index in [1.54, 1.807) is 12.1 Å². The third kappa shape index (κ3) is 6.41. The lowest BCUT2D eigenvalue weighted by atomic mass is 10.2. The first-order valence-electron chi connectivity index (χ1n) is 11.9. The molecule has 0 amide bonds. The van der Waals surface area contributed by atoms with Gasteiger partial charge in [0.25, 0.3) is 0 Å². The molecule has 1 fully saturated rings.